The first-order valence-corrected chi connectivity index (χ1v) is 6.24. The fourth-order valence-corrected chi connectivity index (χ4v) is 2.29. The van der Waals surface area contributed by atoms with Crippen molar-refractivity contribution in [2.24, 2.45) is 0 Å². The van der Waals surface area contributed by atoms with Crippen LogP contribution in [0.2, 0.25) is 0 Å². The molecular weight excluding hydrogens is 252 g/mol. The Morgan fingerprint density at radius 2 is 2.47 bits per heavy atom. The van der Waals surface area contributed by atoms with Gasteiger partial charge in [-0.05, 0) is 23.8 Å². The van der Waals surface area contributed by atoms with Crippen molar-refractivity contribution in [3.05, 3.63) is 5.82 Å². The van der Waals surface area contributed by atoms with Crippen LogP contribution in [0.4, 0.5) is 0 Å². The number of methoxy groups -OCH3 is 1. The van der Waals surface area contributed by atoms with Gasteiger partial charge in [0.1, 0.15) is 0 Å². The Morgan fingerprint density at radius 3 is 3.05 bits per heavy atom. The summed E-state index contributed by atoms with van der Waals surface area (Å²) < 4.78 is 12.3. The Hall–Kier alpha value is -1.54. The molecule has 1 fully saturated rings. The number of carboxylic acids is 1. The van der Waals surface area contributed by atoms with E-state index in [1.807, 2.05) is 6.92 Å². The minimum absolute atomic E-state index is 0.0743. The van der Waals surface area contributed by atoms with Crippen LogP contribution in [0.15, 0.2) is 0 Å². The lowest BCUT2D eigenvalue weighted by Crippen LogP contribution is -2.25. The summed E-state index contributed by atoms with van der Waals surface area (Å²) in [7, 11) is 1.49. The van der Waals surface area contributed by atoms with E-state index in [-0.39, 0.29) is 18.4 Å². The molecule has 0 radical (unpaired) electrons. The van der Waals surface area contributed by atoms with Crippen LogP contribution >= 0.6 is 0 Å². The summed E-state index contributed by atoms with van der Waals surface area (Å²) in [6.45, 7) is 3.01. The molecule has 3 unspecified atom stereocenters. The summed E-state index contributed by atoms with van der Waals surface area (Å²) >= 11 is 0. The zero-order chi connectivity index (χ0) is 13.8. The summed E-state index contributed by atoms with van der Waals surface area (Å²) in [6.07, 6.45) is 0.424. The third kappa shape index (κ3) is 3.27. The highest BCUT2D eigenvalue weighted by atomic mass is 16.5. The highest BCUT2D eigenvalue weighted by Crippen LogP contribution is 2.29. The van der Waals surface area contributed by atoms with Gasteiger partial charge >= 0.3 is 5.97 Å². The molecule has 0 bridgehead atoms. The van der Waals surface area contributed by atoms with Crippen LogP contribution < -0.4 is 0 Å². The van der Waals surface area contributed by atoms with E-state index in [4.69, 9.17) is 14.6 Å². The van der Waals surface area contributed by atoms with E-state index in [9.17, 15) is 4.79 Å². The smallest absolute Gasteiger partial charge is 0.306 e. The fraction of sp³-hybridized carbons (Fsp3) is 0.818. The minimum atomic E-state index is -0.904. The van der Waals surface area contributed by atoms with Crippen molar-refractivity contribution in [3.8, 4) is 0 Å². The number of carboxylic acid groups (broad SMARTS) is 1. The largest absolute Gasteiger partial charge is 0.481 e. The zero-order valence-electron chi connectivity index (χ0n) is 11.0. The van der Waals surface area contributed by atoms with Gasteiger partial charge < -0.3 is 14.6 Å². The maximum atomic E-state index is 10.7. The molecule has 1 aliphatic heterocycles. The molecule has 2 heterocycles. The molecule has 3 atom stereocenters. The van der Waals surface area contributed by atoms with Crippen molar-refractivity contribution in [1.29, 1.82) is 0 Å². The molecule has 8 heteroatoms. The molecular formula is C11H18N4O4. The van der Waals surface area contributed by atoms with Gasteiger partial charge in [0, 0.05) is 19.6 Å². The summed E-state index contributed by atoms with van der Waals surface area (Å²) in [5, 5.41) is 20.4. The molecule has 0 amide bonds. The van der Waals surface area contributed by atoms with Crippen molar-refractivity contribution in [2.75, 3.05) is 13.7 Å². The second kappa shape index (κ2) is 6.07. The van der Waals surface area contributed by atoms with Crippen LogP contribution in [0, 0.1) is 0 Å². The quantitative estimate of drug-likeness (QED) is 0.779. The predicted octanol–water partition coefficient (Wildman–Crippen LogP) is 0.0552. The topological polar surface area (TPSA) is 99.4 Å². The second-order valence-electron chi connectivity index (χ2n) is 4.65. The van der Waals surface area contributed by atoms with E-state index in [1.165, 1.54) is 7.11 Å². The molecule has 0 spiro atoms. The van der Waals surface area contributed by atoms with Crippen molar-refractivity contribution < 1.29 is 19.4 Å². The molecule has 2 rings (SSSR count). The molecule has 0 aromatic carbocycles. The van der Waals surface area contributed by atoms with E-state index >= 15 is 0 Å². The van der Waals surface area contributed by atoms with Gasteiger partial charge in [0.15, 0.2) is 5.82 Å². The van der Waals surface area contributed by atoms with Crippen molar-refractivity contribution >= 4 is 5.97 Å². The normalized spacial score (nSPS) is 24.5. The number of aliphatic carboxylic acids is 1. The third-order valence-corrected chi connectivity index (χ3v) is 3.38. The number of ether oxygens (including phenoxy) is 2. The fourth-order valence-electron chi connectivity index (χ4n) is 2.29. The highest BCUT2D eigenvalue weighted by Gasteiger charge is 2.31. The number of nitrogens with zero attached hydrogens (tertiary/aromatic N) is 4. The van der Waals surface area contributed by atoms with E-state index < -0.39 is 12.1 Å². The highest BCUT2D eigenvalue weighted by molar-refractivity contribution is 5.67. The Bertz CT molecular complexity index is 436. The minimum Gasteiger partial charge on any atom is -0.481 e. The van der Waals surface area contributed by atoms with Crippen molar-refractivity contribution in [2.45, 2.75) is 44.4 Å². The number of carbonyl (C=O) groups is 1. The first-order valence-electron chi connectivity index (χ1n) is 6.24. The van der Waals surface area contributed by atoms with Gasteiger partial charge in [-0.25, -0.2) is 4.68 Å². The maximum Gasteiger partial charge on any atom is 0.306 e. The van der Waals surface area contributed by atoms with Gasteiger partial charge in [-0.2, -0.15) is 0 Å². The van der Waals surface area contributed by atoms with E-state index in [1.54, 1.807) is 4.68 Å². The zero-order valence-corrected chi connectivity index (χ0v) is 11.0. The molecule has 8 nitrogen and oxygen atoms in total. The molecule has 1 saturated heterocycles. The first-order chi connectivity index (χ1) is 9.11. The molecule has 1 aromatic heterocycles. The first kappa shape index (κ1) is 13.9. The summed E-state index contributed by atoms with van der Waals surface area (Å²) in [5.41, 5.74) is 0. The summed E-state index contributed by atoms with van der Waals surface area (Å²) in [5.74, 6) is -0.0196. The van der Waals surface area contributed by atoms with Crippen LogP contribution in [0.3, 0.4) is 0 Å². The Labute approximate surface area is 110 Å². The summed E-state index contributed by atoms with van der Waals surface area (Å²) in [6, 6.07) is 0. The van der Waals surface area contributed by atoms with Crippen molar-refractivity contribution in [3.63, 3.8) is 0 Å². The number of rotatable bonds is 6. The van der Waals surface area contributed by atoms with Gasteiger partial charge in [0.25, 0.3) is 0 Å². The van der Waals surface area contributed by atoms with Crippen LogP contribution in [0.1, 0.15) is 31.5 Å². The molecule has 106 valence electrons. The molecule has 1 aromatic rings. The lowest BCUT2D eigenvalue weighted by atomic mass is 10.0. The Morgan fingerprint density at radius 1 is 1.68 bits per heavy atom. The number of hydrogen-bond donors (Lipinski definition) is 1. The SMILES string of the molecule is COC(CC(=O)O)Cn1nnnc1C1CCOC1C. The maximum absolute atomic E-state index is 10.7. The number of hydrogen-bond acceptors (Lipinski definition) is 6. The number of aromatic nitrogens is 4. The van der Waals surface area contributed by atoms with Crippen LogP contribution in [-0.2, 0) is 20.8 Å². The van der Waals surface area contributed by atoms with Gasteiger partial charge in [-0.1, -0.05) is 0 Å². The monoisotopic (exact) mass is 270 g/mol. The van der Waals surface area contributed by atoms with Gasteiger partial charge in [0.05, 0.1) is 25.2 Å². The van der Waals surface area contributed by atoms with Gasteiger partial charge in [0.2, 0.25) is 0 Å². The average Bonchev–Trinajstić information content (AvgIpc) is 2.96. The van der Waals surface area contributed by atoms with Gasteiger partial charge in [-0.15, -0.1) is 5.10 Å². The molecule has 0 aliphatic carbocycles. The Balaban J connectivity index is 2.08. The lowest BCUT2D eigenvalue weighted by molar-refractivity contribution is -0.140. The summed E-state index contributed by atoms with van der Waals surface area (Å²) in [4.78, 5) is 10.7. The lowest BCUT2D eigenvalue weighted by Gasteiger charge is -2.17. The molecule has 1 aliphatic rings. The van der Waals surface area contributed by atoms with Crippen LogP contribution in [0.25, 0.3) is 0 Å². The van der Waals surface area contributed by atoms with Crippen LogP contribution in [0.5, 0.6) is 0 Å². The average molecular weight is 270 g/mol. The number of tetrazole rings is 1. The predicted molar refractivity (Wildman–Crippen MR) is 63.6 cm³/mol. The van der Waals surface area contributed by atoms with Crippen LogP contribution in [-0.4, -0.2) is 57.2 Å². The second-order valence-corrected chi connectivity index (χ2v) is 4.65. The third-order valence-electron chi connectivity index (χ3n) is 3.38. The Kier molecular flexibility index (Phi) is 4.43. The molecule has 0 saturated carbocycles. The van der Waals surface area contributed by atoms with Gasteiger partial charge in [-0.3, -0.25) is 4.79 Å². The standard InChI is InChI=1S/C11H18N4O4/c1-7-9(3-4-19-7)11-12-13-14-15(11)6-8(18-2)5-10(16)17/h7-9H,3-6H2,1-2H3,(H,16,17). The van der Waals surface area contributed by atoms with E-state index in [0.717, 1.165) is 12.2 Å². The molecule has 1 N–H and O–H groups in total. The van der Waals surface area contributed by atoms with Crippen molar-refractivity contribution in [1.82, 2.24) is 20.2 Å². The van der Waals surface area contributed by atoms with E-state index in [2.05, 4.69) is 15.5 Å². The molecule has 19 heavy (non-hydrogen) atoms. The van der Waals surface area contributed by atoms with E-state index in [0.29, 0.717) is 13.2 Å².